The van der Waals surface area contributed by atoms with Crippen molar-refractivity contribution in [2.24, 2.45) is 0 Å². The first kappa shape index (κ1) is 18.5. The van der Waals surface area contributed by atoms with Crippen molar-refractivity contribution in [2.45, 2.75) is 25.3 Å². The van der Waals surface area contributed by atoms with Gasteiger partial charge in [-0.3, -0.25) is 14.9 Å². The lowest BCUT2D eigenvalue weighted by molar-refractivity contribution is -0.380. The maximum Gasteiger partial charge on any atom is 0.324 e. The van der Waals surface area contributed by atoms with Crippen LogP contribution in [-0.2, 0) is 6.42 Å². The smallest absolute Gasteiger partial charge is 0.324 e. The first-order chi connectivity index (χ1) is 12.5. The van der Waals surface area contributed by atoms with E-state index in [4.69, 9.17) is 0 Å². The number of thiophene rings is 1. The lowest BCUT2D eigenvalue weighted by atomic mass is 10.0. The molecule has 1 saturated heterocycles. The predicted molar refractivity (Wildman–Crippen MR) is 103 cm³/mol. The van der Waals surface area contributed by atoms with E-state index in [1.165, 1.54) is 11.6 Å². The van der Waals surface area contributed by atoms with Crippen molar-refractivity contribution in [1.29, 1.82) is 0 Å². The molecule has 0 atom stereocenters. The number of benzene rings is 1. The Morgan fingerprint density at radius 2 is 1.92 bits per heavy atom. The number of carbonyl (C=O) groups excluding carboxylic acids is 1. The minimum absolute atomic E-state index is 0.0175. The Labute approximate surface area is 157 Å². The van der Waals surface area contributed by atoms with Gasteiger partial charge in [0.2, 0.25) is 0 Å². The molecular formula is C19H23N3O3S. The number of piperidine rings is 1. The quantitative estimate of drug-likeness (QED) is 0.575. The number of likely N-dealkylation sites (N-methyl/N-ethyl adjacent to an activating group) is 1. The fraction of sp³-hybridized carbons (Fsp3) is 0.421. The van der Waals surface area contributed by atoms with E-state index in [2.05, 4.69) is 36.2 Å². The van der Waals surface area contributed by atoms with Crippen LogP contribution in [0, 0.1) is 10.1 Å². The molecule has 1 fully saturated rings. The van der Waals surface area contributed by atoms with Crippen molar-refractivity contribution < 1.29 is 9.72 Å². The third-order valence-electron chi connectivity index (χ3n) is 4.95. The summed E-state index contributed by atoms with van der Waals surface area (Å²) in [5.74, 6) is -0.0894. The zero-order valence-electron chi connectivity index (χ0n) is 14.8. The van der Waals surface area contributed by atoms with Crippen LogP contribution in [-0.4, -0.2) is 53.4 Å². The van der Waals surface area contributed by atoms with Gasteiger partial charge in [-0.1, -0.05) is 41.7 Å². The summed E-state index contributed by atoms with van der Waals surface area (Å²) in [5.41, 5.74) is 1.34. The van der Waals surface area contributed by atoms with Gasteiger partial charge in [0.05, 0.1) is 9.80 Å². The number of hydrogen-bond acceptors (Lipinski definition) is 5. The number of hydrogen-bond donors (Lipinski definition) is 0. The van der Waals surface area contributed by atoms with E-state index >= 15 is 0 Å². The first-order valence-electron chi connectivity index (χ1n) is 8.82. The lowest BCUT2D eigenvalue weighted by Crippen LogP contribution is -2.45. The van der Waals surface area contributed by atoms with E-state index in [-0.39, 0.29) is 10.9 Å². The average molecular weight is 373 g/mol. The zero-order valence-corrected chi connectivity index (χ0v) is 15.7. The molecule has 0 aliphatic carbocycles. The Morgan fingerprint density at radius 3 is 2.54 bits per heavy atom. The molecule has 2 heterocycles. The van der Waals surface area contributed by atoms with Crippen molar-refractivity contribution >= 4 is 22.2 Å². The highest BCUT2D eigenvalue weighted by Crippen LogP contribution is 2.26. The predicted octanol–water partition coefficient (Wildman–Crippen LogP) is 3.44. The summed E-state index contributed by atoms with van der Waals surface area (Å²) in [5, 5.41) is 10.8. The number of carbonyl (C=O) groups is 1. The molecule has 0 radical (unpaired) electrons. The Balaban J connectivity index is 1.48. The van der Waals surface area contributed by atoms with Crippen molar-refractivity contribution in [3.05, 3.63) is 63.0 Å². The number of nitrogens with zero attached hydrogens (tertiary/aromatic N) is 3. The molecule has 2 aromatic rings. The molecule has 1 aromatic heterocycles. The second-order valence-corrected chi connectivity index (χ2v) is 7.70. The summed E-state index contributed by atoms with van der Waals surface area (Å²) in [6.07, 6.45) is 2.89. The van der Waals surface area contributed by atoms with Crippen LogP contribution in [0.25, 0.3) is 0 Å². The van der Waals surface area contributed by atoms with Gasteiger partial charge in [-0.2, -0.15) is 0 Å². The SMILES string of the molecule is CN(CCc1ccccc1)C1CCN(C(=O)c2ccc([N+](=O)[O-])s2)CC1. The Hall–Kier alpha value is -2.25. The largest absolute Gasteiger partial charge is 0.338 e. The fourth-order valence-corrected chi connectivity index (χ4v) is 4.13. The molecular weight excluding hydrogens is 350 g/mol. The van der Waals surface area contributed by atoms with E-state index < -0.39 is 4.92 Å². The molecule has 3 rings (SSSR count). The van der Waals surface area contributed by atoms with Crippen LogP contribution in [0.1, 0.15) is 28.1 Å². The summed E-state index contributed by atoms with van der Waals surface area (Å²) < 4.78 is 0. The second kappa shape index (κ2) is 8.42. The van der Waals surface area contributed by atoms with E-state index in [0.717, 1.165) is 37.1 Å². The van der Waals surface area contributed by atoms with Gasteiger partial charge in [0.1, 0.15) is 0 Å². The maximum absolute atomic E-state index is 12.5. The Morgan fingerprint density at radius 1 is 1.23 bits per heavy atom. The van der Waals surface area contributed by atoms with Crippen LogP contribution in [0.4, 0.5) is 5.00 Å². The second-order valence-electron chi connectivity index (χ2n) is 6.63. The van der Waals surface area contributed by atoms with Gasteiger partial charge in [0.15, 0.2) is 0 Å². The van der Waals surface area contributed by atoms with Crippen LogP contribution in [0.3, 0.4) is 0 Å². The first-order valence-corrected chi connectivity index (χ1v) is 9.64. The summed E-state index contributed by atoms with van der Waals surface area (Å²) in [6, 6.07) is 13.9. The van der Waals surface area contributed by atoms with Crippen molar-refractivity contribution in [2.75, 3.05) is 26.7 Å². The number of likely N-dealkylation sites (tertiary alicyclic amines) is 1. The third-order valence-corrected chi connectivity index (χ3v) is 5.98. The van der Waals surface area contributed by atoms with Gasteiger partial charge >= 0.3 is 5.00 Å². The fourth-order valence-electron chi connectivity index (χ4n) is 3.34. The van der Waals surface area contributed by atoms with Crippen molar-refractivity contribution in [3.63, 3.8) is 0 Å². The topological polar surface area (TPSA) is 66.7 Å². The van der Waals surface area contributed by atoms with Crippen LogP contribution in [0.5, 0.6) is 0 Å². The average Bonchev–Trinajstić information content (AvgIpc) is 3.17. The van der Waals surface area contributed by atoms with Crippen molar-refractivity contribution in [1.82, 2.24) is 9.80 Å². The van der Waals surface area contributed by atoms with E-state index in [9.17, 15) is 14.9 Å². The normalized spacial score (nSPS) is 15.4. The standard InChI is InChI=1S/C19H23N3O3S/c1-20(12-9-15-5-3-2-4-6-15)16-10-13-21(14-11-16)19(23)17-7-8-18(26-17)22(24)25/h2-8,16H,9-14H2,1H3. The molecule has 26 heavy (non-hydrogen) atoms. The molecule has 7 heteroatoms. The highest BCUT2D eigenvalue weighted by atomic mass is 32.1. The molecule has 0 spiro atoms. The molecule has 0 saturated carbocycles. The Bertz CT molecular complexity index is 754. The van der Waals surface area contributed by atoms with Crippen molar-refractivity contribution in [3.8, 4) is 0 Å². The molecule has 0 unspecified atom stereocenters. The molecule has 1 aliphatic rings. The highest BCUT2D eigenvalue weighted by molar-refractivity contribution is 7.17. The van der Waals surface area contributed by atoms with E-state index in [1.54, 1.807) is 6.07 Å². The lowest BCUT2D eigenvalue weighted by Gasteiger charge is -2.36. The summed E-state index contributed by atoms with van der Waals surface area (Å²) in [7, 11) is 2.15. The van der Waals surface area contributed by atoms with Gasteiger partial charge in [-0.15, -0.1) is 0 Å². The summed E-state index contributed by atoms with van der Waals surface area (Å²) >= 11 is 0.955. The summed E-state index contributed by atoms with van der Waals surface area (Å²) in [6.45, 7) is 2.40. The molecule has 1 amide bonds. The number of nitro groups is 1. The van der Waals surface area contributed by atoms with Crippen LogP contribution >= 0.6 is 11.3 Å². The summed E-state index contributed by atoms with van der Waals surface area (Å²) in [4.78, 5) is 27.5. The van der Waals surface area contributed by atoms with Crippen LogP contribution < -0.4 is 0 Å². The monoisotopic (exact) mass is 373 g/mol. The molecule has 6 nitrogen and oxygen atoms in total. The maximum atomic E-state index is 12.5. The molecule has 1 aliphatic heterocycles. The van der Waals surface area contributed by atoms with Gasteiger partial charge in [0.25, 0.3) is 5.91 Å². The van der Waals surface area contributed by atoms with Crippen LogP contribution in [0.15, 0.2) is 42.5 Å². The van der Waals surface area contributed by atoms with E-state index in [1.807, 2.05) is 11.0 Å². The third kappa shape index (κ3) is 4.47. The van der Waals surface area contributed by atoms with Gasteiger partial charge in [-0.25, -0.2) is 0 Å². The highest BCUT2D eigenvalue weighted by Gasteiger charge is 2.27. The van der Waals surface area contributed by atoms with Gasteiger partial charge in [-0.05, 0) is 37.9 Å². The van der Waals surface area contributed by atoms with Crippen LogP contribution in [0.2, 0.25) is 0 Å². The molecule has 0 bridgehead atoms. The van der Waals surface area contributed by atoms with Gasteiger partial charge < -0.3 is 9.80 Å². The minimum atomic E-state index is -0.449. The number of rotatable bonds is 6. The number of amides is 1. The molecule has 0 N–H and O–H groups in total. The van der Waals surface area contributed by atoms with Gasteiger partial charge in [0, 0.05) is 31.7 Å². The molecule has 138 valence electrons. The Kier molecular flexibility index (Phi) is 6.00. The zero-order chi connectivity index (χ0) is 18.5. The minimum Gasteiger partial charge on any atom is -0.338 e. The van der Waals surface area contributed by atoms with E-state index in [0.29, 0.717) is 24.0 Å². The molecule has 1 aromatic carbocycles.